The van der Waals surface area contributed by atoms with E-state index in [0.29, 0.717) is 24.2 Å². The second-order valence-corrected chi connectivity index (χ2v) is 8.42. The van der Waals surface area contributed by atoms with Crippen molar-refractivity contribution in [2.45, 2.75) is 32.9 Å². The van der Waals surface area contributed by atoms with Crippen LogP contribution >= 0.6 is 0 Å². The van der Waals surface area contributed by atoms with Gasteiger partial charge in [-0.25, -0.2) is 8.42 Å². The van der Waals surface area contributed by atoms with Gasteiger partial charge in [0.1, 0.15) is 0 Å². The molecule has 0 radical (unpaired) electrons. The van der Waals surface area contributed by atoms with E-state index in [1.165, 1.54) is 10.6 Å². The summed E-state index contributed by atoms with van der Waals surface area (Å²) in [5, 5.41) is 2.93. The van der Waals surface area contributed by atoms with Gasteiger partial charge < -0.3 is 5.32 Å². The molecule has 1 N–H and O–H groups in total. The van der Waals surface area contributed by atoms with Crippen molar-refractivity contribution in [3.05, 3.63) is 64.7 Å². The average Bonchev–Trinajstić information content (AvgIpc) is 2.88. The molecule has 1 amide bonds. The first-order valence-corrected chi connectivity index (χ1v) is 10.1. The number of nitrogens with one attached hydrogen (secondary N) is 1. The van der Waals surface area contributed by atoms with Crippen LogP contribution in [0.1, 0.15) is 34.0 Å². The first-order chi connectivity index (χ1) is 11.8. The van der Waals surface area contributed by atoms with Crippen molar-refractivity contribution in [1.82, 2.24) is 5.32 Å². The normalized spacial score (nSPS) is 16.6. The maximum absolute atomic E-state index is 12.4. The van der Waals surface area contributed by atoms with Crippen molar-refractivity contribution in [2.24, 2.45) is 0 Å². The van der Waals surface area contributed by atoms with Crippen LogP contribution in [-0.4, -0.2) is 26.6 Å². The van der Waals surface area contributed by atoms with E-state index in [1.807, 2.05) is 38.1 Å². The summed E-state index contributed by atoms with van der Waals surface area (Å²) in [5.74, 6) is -0.156. The van der Waals surface area contributed by atoms with Crippen LogP contribution in [0.5, 0.6) is 0 Å². The van der Waals surface area contributed by atoms with Crippen molar-refractivity contribution in [2.75, 3.05) is 10.6 Å². The molecular formula is C19H22N2O3S. The van der Waals surface area contributed by atoms with E-state index in [0.717, 1.165) is 16.7 Å². The van der Waals surface area contributed by atoms with Gasteiger partial charge in [-0.05, 0) is 55.2 Å². The average molecular weight is 358 g/mol. The zero-order valence-corrected chi connectivity index (χ0v) is 15.4. The topological polar surface area (TPSA) is 66.5 Å². The predicted octanol–water partition coefficient (Wildman–Crippen LogP) is 2.64. The van der Waals surface area contributed by atoms with E-state index in [1.54, 1.807) is 18.2 Å². The molecule has 0 bridgehead atoms. The Morgan fingerprint density at radius 1 is 1.24 bits per heavy atom. The van der Waals surface area contributed by atoms with Crippen molar-refractivity contribution in [1.29, 1.82) is 0 Å². The Balaban J connectivity index is 1.78. The van der Waals surface area contributed by atoms with E-state index in [-0.39, 0.29) is 11.9 Å². The number of hydrogen-bond acceptors (Lipinski definition) is 3. The summed E-state index contributed by atoms with van der Waals surface area (Å²) in [6.45, 7) is 4.35. The summed E-state index contributed by atoms with van der Waals surface area (Å²) in [6.07, 6.45) is 1.82. The van der Waals surface area contributed by atoms with Gasteiger partial charge in [0.15, 0.2) is 0 Å². The molecule has 0 aromatic heterocycles. The lowest BCUT2D eigenvalue weighted by Gasteiger charge is -2.21. The van der Waals surface area contributed by atoms with Gasteiger partial charge in [-0.15, -0.1) is 0 Å². The van der Waals surface area contributed by atoms with Crippen molar-refractivity contribution in [3.8, 4) is 0 Å². The van der Waals surface area contributed by atoms with Gasteiger partial charge in [0, 0.05) is 18.2 Å². The summed E-state index contributed by atoms with van der Waals surface area (Å²) >= 11 is 0. The van der Waals surface area contributed by atoms with Gasteiger partial charge in [0.2, 0.25) is 10.0 Å². The lowest BCUT2D eigenvalue weighted by atomic mass is 10.1. The third-order valence-corrected chi connectivity index (χ3v) is 5.82. The number of benzene rings is 2. The van der Waals surface area contributed by atoms with E-state index in [2.05, 4.69) is 5.32 Å². The fourth-order valence-electron chi connectivity index (χ4n) is 3.34. The predicted molar refractivity (Wildman–Crippen MR) is 99.3 cm³/mol. The zero-order valence-electron chi connectivity index (χ0n) is 14.6. The number of anilines is 1. The number of amides is 1. The molecule has 0 saturated carbocycles. The van der Waals surface area contributed by atoms with Gasteiger partial charge in [0.05, 0.1) is 11.9 Å². The number of fused-ring (bicyclic) bond motifs is 1. The molecule has 0 fully saturated rings. The molecular weight excluding hydrogens is 336 g/mol. The minimum atomic E-state index is -3.32. The first-order valence-electron chi connectivity index (χ1n) is 8.22. The van der Waals surface area contributed by atoms with Crippen molar-refractivity contribution < 1.29 is 13.2 Å². The molecule has 1 aliphatic rings. The standard InChI is InChI=1S/C19H22N2O3S/c1-13-6-4-5-7-16(13)12-20-19(22)15-8-9-18-17(11-15)10-14(2)21(18)25(3,23)24/h4-9,11,14H,10,12H2,1-3H3,(H,20,22)/t14-/m0/s1. The Hall–Kier alpha value is -2.34. The quantitative estimate of drug-likeness (QED) is 0.914. The van der Waals surface area contributed by atoms with Gasteiger partial charge >= 0.3 is 0 Å². The molecule has 25 heavy (non-hydrogen) atoms. The van der Waals surface area contributed by atoms with Crippen molar-refractivity contribution in [3.63, 3.8) is 0 Å². The molecule has 2 aromatic carbocycles. The summed E-state index contributed by atoms with van der Waals surface area (Å²) < 4.78 is 25.4. The third kappa shape index (κ3) is 3.54. The Morgan fingerprint density at radius 2 is 1.96 bits per heavy atom. The van der Waals surface area contributed by atoms with Gasteiger partial charge in [0.25, 0.3) is 5.91 Å². The smallest absolute Gasteiger partial charge is 0.251 e. The summed E-state index contributed by atoms with van der Waals surface area (Å²) in [4.78, 5) is 12.4. The summed E-state index contributed by atoms with van der Waals surface area (Å²) in [7, 11) is -3.32. The summed E-state index contributed by atoms with van der Waals surface area (Å²) in [6, 6.07) is 13.0. The van der Waals surface area contributed by atoms with Crippen LogP contribution in [-0.2, 0) is 23.0 Å². The van der Waals surface area contributed by atoms with Crippen LogP contribution in [0.2, 0.25) is 0 Å². The monoisotopic (exact) mass is 358 g/mol. The number of sulfonamides is 1. The van der Waals surface area contributed by atoms with E-state index >= 15 is 0 Å². The van der Waals surface area contributed by atoms with Crippen LogP contribution in [0.15, 0.2) is 42.5 Å². The molecule has 1 aliphatic heterocycles. The molecule has 0 saturated heterocycles. The molecule has 0 spiro atoms. The van der Waals surface area contributed by atoms with E-state index < -0.39 is 10.0 Å². The molecule has 2 aromatic rings. The summed E-state index contributed by atoms with van der Waals surface area (Å²) in [5.41, 5.74) is 4.32. The second kappa shape index (κ2) is 6.52. The number of aryl methyl sites for hydroxylation is 1. The zero-order chi connectivity index (χ0) is 18.2. The maximum Gasteiger partial charge on any atom is 0.251 e. The van der Waals surface area contributed by atoms with Crippen LogP contribution in [0.3, 0.4) is 0 Å². The third-order valence-electron chi connectivity index (χ3n) is 4.55. The highest BCUT2D eigenvalue weighted by Crippen LogP contribution is 2.34. The number of carbonyl (C=O) groups excluding carboxylic acids is 1. The van der Waals surface area contributed by atoms with Crippen molar-refractivity contribution >= 4 is 21.6 Å². The SMILES string of the molecule is Cc1ccccc1CNC(=O)c1ccc2c(c1)C[C@H](C)N2S(C)(=O)=O. The highest BCUT2D eigenvalue weighted by atomic mass is 32.2. The molecule has 6 heteroatoms. The first kappa shape index (κ1) is 17.5. The minimum Gasteiger partial charge on any atom is -0.348 e. The Kier molecular flexibility index (Phi) is 4.56. The number of carbonyl (C=O) groups is 1. The van der Waals surface area contributed by atoms with Crippen LogP contribution in [0.25, 0.3) is 0 Å². The molecule has 1 atom stereocenters. The Labute approximate surface area is 148 Å². The van der Waals surface area contributed by atoms with E-state index in [4.69, 9.17) is 0 Å². The number of nitrogens with zero attached hydrogens (tertiary/aromatic N) is 1. The van der Waals surface area contributed by atoms with Gasteiger partial charge in [-0.1, -0.05) is 24.3 Å². The van der Waals surface area contributed by atoms with E-state index in [9.17, 15) is 13.2 Å². The molecule has 0 unspecified atom stereocenters. The molecule has 0 aliphatic carbocycles. The Morgan fingerprint density at radius 3 is 2.64 bits per heavy atom. The fourth-order valence-corrected chi connectivity index (χ4v) is 4.60. The van der Waals surface area contributed by atoms with Crippen LogP contribution < -0.4 is 9.62 Å². The van der Waals surface area contributed by atoms with Crippen LogP contribution in [0, 0.1) is 6.92 Å². The molecule has 5 nitrogen and oxygen atoms in total. The maximum atomic E-state index is 12.4. The largest absolute Gasteiger partial charge is 0.348 e. The highest BCUT2D eigenvalue weighted by Gasteiger charge is 2.32. The number of hydrogen-bond donors (Lipinski definition) is 1. The van der Waals surface area contributed by atoms with Crippen LogP contribution in [0.4, 0.5) is 5.69 Å². The minimum absolute atomic E-state index is 0.129. The van der Waals surface area contributed by atoms with Gasteiger partial charge in [-0.3, -0.25) is 9.10 Å². The molecule has 132 valence electrons. The lowest BCUT2D eigenvalue weighted by molar-refractivity contribution is 0.0951. The Bertz CT molecular complexity index is 922. The van der Waals surface area contributed by atoms with Gasteiger partial charge in [-0.2, -0.15) is 0 Å². The second-order valence-electron chi connectivity index (χ2n) is 6.56. The molecule has 1 heterocycles. The fraction of sp³-hybridized carbons (Fsp3) is 0.316. The molecule has 3 rings (SSSR count). The lowest BCUT2D eigenvalue weighted by Crippen LogP contribution is -2.34. The number of rotatable bonds is 4. The highest BCUT2D eigenvalue weighted by molar-refractivity contribution is 7.92.